The average molecular weight is 491 g/mol. The third-order valence-electron chi connectivity index (χ3n) is 6.69. The average Bonchev–Trinajstić information content (AvgIpc) is 2.82. The van der Waals surface area contributed by atoms with Crippen LogP contribution in [0.25, 0.3) is 0 Å². The van der Waals surface area contributed by atoms with Crippen molar-refractivity contribution in [2.24, 2.45) is 11.8 Å². The molecule has 1 fully saturated rings. The number of carbonyl (C=O) groups excluding carboxylic acids is 1. The monoisotopic (exact) mass is 490 g/mol. The van der Waals surface area contributed by atoms with Gasteiger partial charge in [-0.25, -0.2) is 16.8 Å². The van der Waals surface area contributed by atoms with Crippen molar-refractivity contribution in [2.75, 3.05) is 0 Å². The summed E-state index contributed by atoms with van der Waals surface area (Å²) in [4.78, 5) is 12.9. The highest BCUT2D eigenvalue weighted by molar-refractivity contribution is 8.09. The van der Waals surface area contributed by atoms with Gasteiger partial charge < -0.3 is 0 Å². The second kappa shape index (κ2) is 11.4. The summed E-state index contributed by atoms with van der Waals surface area (Å²) in [5, 5.41) is 0. The predicted molar refractivity (Wildman–Crippen MR) is 130 cm³/mol. The first-order valence-corrected chi connectivity index (χ1v) is 15.0. The van der Waals surface area contributed by atoms with Crippen molar-refractivity contribution in [3.63, 3.8) is 0 Å². The van der Waals surface area contributed by atoms with Crippen LogP contribution in [0, 0.1) is 11.8 Å². The highest BCUT2D eigenvalue weighted by Crippen LogP contribution is 2.39. The van der Waals surface area contributed by atoms with E-state index in [1.54, 1.807) is 36.4 Å². The Labute approximate surface area is 198 Å². The molecule has 7 heteroatoms. The lowest BCUT2D eigenvalue weighted by Crippen LogP contribution is -2.38. The first kappa shape index (κ1) is 25.6. The molecule has 1 aliphatic rings. The summed E-state index contributed by atoms with van der Waals surface area (Å²) < 4.78 is 52.9. The molecule has 0 spiro atoms. The molecule has 0 heterocycles. The molecule has 0 saturated heterocycles. The highest BCUT2D eigenvalue weighted by atomic mass is 32.3. The number of rotatable bonds is 11. The molecule has 3 rings (SSSR count). The lowest BCUT2D eigenvalue weighted by molar-refractivity contribution is -0.127. The van der Waals surface area contributed by atoms with Crippen LogP contribution in [0.4, 0.5) is 0 Å². The molecule has 0 bridgehead atoms. The van der Waals surface area contributed by atoms with Gasteiger partial charge in [-0.05, 0) is 55.9 Å². The fourth-order valence-corrected chi connectivity index (χ4v) is 9.44. The van der Waals surface area contributed by atoms with Gasteiger partial charge >= 0.3 is 0 Å². The number of hydrogen-bond acceptors (Lipinski definition) is 5. The van der Waals surface area contributed by atoms with E-state index in [9.17, 15) is 21.6 Å². The molecule has 0 aliphatic heterocycles. The lowest BCUT2D eigenvalue weighted by atomic mass is 9.74. The first-order chi connectivity index (χ1) is 15.8. The Morgan fingerprint density at radius 1 is 0.818 bits per heavy atom. The standard InChI is InChI=1S/C26H34O5S2/c1-2-3-4-7-13-21-14-12-19-25(27)24(21)20-26(32(28,29)22-15-8-5-9-16-22)33(30,31)23-17-10-6-11-18-23/h5-6,8-11,15-18,21,24,26H,2-4,7,12-14,19-20H2,1H3/t21-,24+/m0/s1. The lowest BCUT2D eigenvalue weighted by Gasteiger charge is -2.33. The second-order valence-electron chi connectivity index (χ2n) is 8.96. The van der Waals surface area contributed by atoms with Crippen molar-refractivity contribution in [2.45, 2.75) is 79.1 Å². The van der Waals surface area contributed by atoms with Crippen LogP contribution in [-0.2, 0) is 24.5 Å². The topological polar surface area (TPSA) is 85.3 Å². The number of sulfone groups is 2. The molecule has 2 aromatic rings. The number of Topliss-reactive ketones (excluding diaryl/α,β-unsaturated/α-hetero) is 1. The van der Waals surface area contributed by atoms with E-state index >= 15 is 0 Å². The zero-order chi connectivity index (χ0) is 23.9. The van der Waals surface area contributed by atoms with Crippen molar-refractivity contribution in [3.05, 3.63) is 60.7 Å². The molecular formula is C26H34O5S2. The summed E-state index contributed by atoms with van der Waals surface area (Å²) in [6.07, 6.45) is 6.94. The zero-order valence-corrected chi connectivity index (χ0v) is 20.9. The number of carbonyl (C=O) groups is 1. The first-order valence-electron chi connectivity index (χ1n) is 11.9. The Balaban J connectivity index is 1.99. The second-order valence-corrected chi connectivity index (χ2v) is 13.5. The molecule has 2 aromatic carbocycles. The van der Waals surface area contributed by atoms with Crippen molar-refractivity contribution in [3.8, 4) is 0 Å². The summed E-state index contributed by atoms with van der Waals surface area (Å²) in [6, 6.07) is 15.4. The van der Waals surface area contributed by atoms with Crippen molar-refractivity contribution in [1.29, 1.82) is 0 Å². The third kappa shape index (κ3) is 6.12. The fraction of sp³-hybridized carbons (Fsp3) is 0.500. The molecule has 0 N–H and O–H groups in total. The minimum absolute atomic E-state index is 0.00161. The van der Waals surface area contributed by atoms with Crippen LogP contribution in [-0.4, -0.2) is 27.2 Å². The van der Waals surface area contributed by atoms with E-state index in [0.717, 1.165) is 44.9 Å². The van der Waals surface area contributed by atoms with Crippen LogP contribution in [0.2, 0.25) is 0 Å². The van der Waals surface area contributed by atoms with Gasteiger partial charge in [0, 0.05) is 12.3 Å². The number of ketones is 1. The van der Waals surface area contributed by atoms with E-state index in [2.05, 4.69) is 6.92 Å². The molecule has 0 unspecified atom stereocenters. The van der Waals surface area contributed by atoms with Crippen LogP contribution < -0.4 is 0 Å². The molecule has 0 amide bonds. The molecule has 5 nitrogen and oxygen atoms in total. The molecule has 2 atom stereocenters. The Morgan fingerprint density at radius 3 is 1.88 bits per heavy atom. The maximum atomic E-state index is 13.6. The maximum absolute atomic E-state index is 13.6. The van der Waals surface area contributed by atoms with E-state index in [1.807, 2.05) is 0 Å². The van der Waals surface area contributed by atoms with E-state index < -0.39 is 30.2 Å². The Kier molecular flexibility index (Phi) is 8.88. The molecule has 1 saturated carbocycles. The Morgan fingerprint density at radius 2 is 1.36 bits per heavy atom. The van der Waals surface area contributed by atoms with Gasteiger partial charge in [0.25, 0.3) is 0 Å². The van der Waals surface area contributed by atoms with Gasteiger partial charge in [-0.2, -0.15) is 0 Å². The minimum Gasteiger partial charge on any atom is -0.299 e. The molecular weight excluding hydrogens is 456 g/mol. The summed E-state index contributed by atoms with van der Waals surface area (Å²) in [5.74, 6) is -0.525. The molecule has 0 aromatic heterocycles. The SMILES string of the molecule is CCCCCC[C@H]1CCCC(=O)[C@@H]1CC(S(=O)(=O)c1ccccc1)S(=O)(=O)c1ccccc1. The number of hydrogen-bond donors (Lipinski definition) is 0. The van der Waals surface area contributed by atoms with Crippen LogP contribution in [0.15, 0.2) is 70.5 Å². The van der Waals surface area contributed by atoms with Gasteiger partial charge in [-0.15, -0.1) is 0 Å². The predicted octanol–water partition coefficient (Wildman–Crippen LogP) is 5.61. The largest absolute Gasteiger partial charge is 0.299 e. The fourth-order valence-electron chi connectivity index (χ4n) is 4.84. The van der Waals surface area contributed by atoms with Gasteiger partial charge in [0.1, 0.15) is 5.78 Å². The summed E-state index contributed by atoms with van der Waals surface area (Å²) in [6.45, 7) is 2.14. The Hall–Kier alpha value is -1.99. The van der Waals surface area contributed by atoms with Gasteiger partial charge in [0.15, 0.2) is 24.3 Å². The summed E-state index contributed by atoms with van der Waals surface area (Å²) in [7, 11) is -8.44. The zero-order valence-electron chi connectivity index (χ0n) is 19.2. The normalized spacial score (nSPS) is 19.6. The van der Waals surface area contributed by atoms with Crippen LogP contribution in [0.5, 0.6) is 0 Å². The molecule has 0 radical (unpaired) electrons. The van der Waals surface area contributed by atoms with E-state index in [0.29, 0.717) is 6.42 Å². The van der Waals surface area contributed by atoms with Crippen LogP contribution >= 0.6 is 0 Å². The maximum Gasteiger partial charge on any atom is 0.195 e. The minimum atomic E-state index is -4.22. The molecule has 33 heavy (non-hydrogen) atoms. The van der Waals surface area contributed by atoms with Gasteiger partial charge in [-0.1, -0.05) is 69.0 Å². The van der Waals surface area contributed by atoms with Crippen molar-refractivity contribution >= 4 is 25.5 Å². The van der Waals surface area contributed by atoms with E-state index in [4.69, 9.17) is 0 Å². The van der Waals surface area contributed by atoms with Crippen LogP contribution in [0.3, 0.4) is 0 Å². The van der Waals surface area contributed by atoms with Gasteiger partial charge in [-0.3, -0.25) is 4.79 Å². The summed E-state index contributed by atoms with van der Waals surface area (Å²) in [5.41, 5.74) is 0. The highest BCUT2D eigenvalue weighted by Gasteiger charge is 2.44. The molecule has 1 aliphatic carbocycles. The van der Waals surface area contributed by atoms with Gasteiger partial charge in [0.05, 0.1) is 9.79 Å². The quantitative estimate of drug-likeness (QED) is 0.382. The van der Waals surface area contributed by atoms with E-state index in [1.165, 1.54) is 24.3 Å². The van der Waals surface area contributed by atoms with E-state index in [-0.39, 0.29) is 27.9 Å². The van der Waals surface area contributed by atoms with Gasteiger partial charge in [0.2, 0.25) is 0 Å². The Bertz CT molecular complexity index is 1040. The smallest absolute Gasteiger partial charge is 0.195 e. The number of unbranched alkanes of at least 4 members (excludes halogenated alkanes) is 3. The van der Waals surface area contributed by atoms with Crippen LogP contribution in [0.1, 0.15) is 64.7 Å². The molecule has 180 valence electrons. The van der Waals surface area contributed by atoms with Crippen molar-refractivity contribution in [1.82, 2.24) is 0 Å². The van der Waals surface area contributed by atoms with Crippen molar-refractivity contribution < 1.29 is 21.6 Å². The third-order valence-corrected chi connectivity index (χ3v) is 11.8. The number of benzene rings is 2. The summed E-state index contributed by atoms with van der Waals surface area (Å²) >= 11 is 0.